The van der Waals surface area contributed by atoms with Crippen LogP contribution in [0, 0.1) is 5.82 Å². The van der Waals surface area contributed by atoms with Gasteiger partial charge in [-0.25, -0.2) is 19.2 Å². The van der Waals surface area contributed by atoms with Crippen LogP contribution >= 0.6 is 12.4 Å². The summed E-state index contributed by atoms with van der Waals surface area (Å²) < 4.78 is 19.0. The number of rotatable bonds is 3. The van der Waals surface area contributed by atoms with E-state index in [2.05, 4.69) is 39.6 Å². The summed E-state index contributed by atoms with van der Waals surface area (Å²) in [6.45, 7) is 1.88. The minimum absolute atomic E-state index is 0. The number of nitrogens with one attached hydrogen (secondary N) is 1. The Morgan fingerprint density at radius 3 is 2.32 bits per heavy atom. The summed E-state index contributed by atoms with van der Waals surface area (Å²) in [6.07, 6.45) is 1.83. The number of halogens is 2. The van der Waals surface area contributed by atoms with Gasteiger partial charge < -0.3 is 10.1 Å². The van der Waals surface area contributed by atoms with Crippen LogP contribution in [0.3, 0.4) is 0 Å². The maximum Gasteiger partial charge on any atom is 0.410 e. The highest BCUT2D eigenvalue weighted by molar-refractivity contribution is 5.85. The predicted molar refractivity (Wildman–Crippen MR) is 117 cm³/mol. The lowest BCUT2D eigenvalue weighted by Crippen LogP contribution is -2.49. The Bertz CT molecular complexity index is 1030. The number of hydrogen-bond donors (Lipinski definition) is 1. The fraction of sp³-hybridized carbons (Fsp3) is 0.261. The lowest BCUT2D eigenvalue weighted by atomic mass is 9.98. The Labute approximate surface area is 185 Å². The van der Waals surface area contributed by atoms with Crippen LogP contribution in [0.5, 0.6) is 0 Å². The molecule has 2 heterocycles. The molecule has 1 saturated heterocycles. The molecule has 0 spiro atoms. The molecule has 1 N–H and O–H groups in total. The first-order chi connectivity index (χ1) is 14.7. The average molecular weight is 441 g/mol. The summed E-state index contributed by atoms with van der Waals surface area (Å²) in [5, 5.41) is 3.23. The van der Waals surface area contributed by atoms with Crippen molar-refractivity contribution in [2.24, 2.45) is 0 Å². The third-order valence-electron chi connectivity index (χ3n) is 5.75. The van der Waals surface area contributed by atoms with Gasteiger partial charge in [0.25, 0.3) is 0 Å². The SMILES string of the molecule is Cl.O=C(OCC1c2ccccc2-c2ccccc21)N1CCNCC1c1ncc(F)cn1. The van der Waals surface area contributed by atoms with Gasteiger partial charge in [0.05, 0.1) is 12.4 Å². The first-order valence-electron chi connectivity index (χ1n) is 10.0. The summed E-state index contributed by atoms with van der Waals surface area (Å²) in [5.41, 5.74) is 4.72. The van der Waals surface area contributed by atoms with Crippen molar-refractivity contribution in [3.8, 4) is 11.1 Å². The van der Waals surface area contributed by atoms with Crippen molar-refractivity contribution in [2.45, 2.75) is 12.0 Å². The highest BCUT2D eigenvalue weighted by atomic mass is 35.5. The van der Waals surface area contributed by atoms with Crippen LogP contribution in [0.25, 0.3) is 11.1 Å². The molecule has 6 nitrogen and oxygen atoms in total. The molecule has 1 fully saturated rings. The molecule has 1 aliphatic heterocycles. The Morgan fingerprint density at radius 2 is 1.68 bits per heavy atom. The zero-order valence-corrected chi connectivity index (χ0v) is 17.5. The number of carbonyl (C=O) groups is 1. The molecule has 1 aromatic heterocycles. The van der Waals surface area contributed by atoms with Crippen molar-refractivity contribution in [1.29, 1.82) is 0 Å². The van der Waals surface area contributed by atoms with Gasteiger partial charge in [-0.3, -0.25) is 4.90 Å². The van der Waals surface area contributed by atoms with Crippen LogP contribution in [0.1, 0.15) is 28.9 Å². The topological polar surface area (TPSA) is 67.3 Å². The van der Waals surface area contributed by atoms with Crippen molar-refractivity contribution in [3.63, 3.8) is 0 Å². The summed E-state index contributed by atoms with van der Waals surface area (Å²) in [6, 6.07) is 16.1. The highest BCUT2D eigenvalue weighted by Gasteiger charge is 2.33. The molecule has 1 atom stereocenters. The number of nitrogens with zero attached hydrogens (tertiary/aromatic N) is 3. The van der Waals surface area contributed by atoms with Crippen molar-refractivity contribution in [1.82, 2.24) is 20.2 Å². The quantitative estimate of drug-likeness (QED) is 0.668. The summed E-state index contributed by atoms with van der Waals surface area (Å²) >= 11 is 0. The number of carbonyl (C=O) groups excluding carboxylic acids is 1. The van der Waals surface area contributed by atoms with Crippen LogP contribution < -0.4 is 5.32 Å². The number of piperazine rings is 1. The normalized spacial score (nSPS) is 17.5. The number of aromatic nitrogens is 2. The molecule has 1 aliphatic carbocycles. The van der Waals surface area contributed by atoms with E-state index in [0.717, 1.165) is 12.4 Å². The Kier molecular flexibility index (Phi) is 6.15. The van der Waals surface area contributed by atoms with E-state index in [0.29, 0.717) is 25.5 Å². The first-order valence-corrected chi connectivity index (χ1v) is 10.0. The van der Waals surface area contributed by atoms with E-state index in [1.807, 2.05) is 24.3 Å². The summed E-state index contributed by atoms with van der Waals surface area (Å²) in [5.74, 6) is -0.0999. The van der Waals surface area contributed by atoms with Gasteiger partial charge in [0.1, 0.15) is 12.6 Å². The second-order valence-corrected chi connectivity index (χ2v) is 7.48. The molecular weight excluding hydrogens is 419 g/mol. The molecule has 0 bridgehead atoms. The monoisotopic (exact) mass is 440 g/mol. The van der Waals surface area contributed by atoms with Crippen molar-refractivity contribution >= 4 is 18.5 Å². The van der Waals surface area contributed by atoms with Gasteiger partial charge in [-0.15, -0.1) is 12.4 Å². The zero-order valence-electron chi connectivity index (χ0n) is 16.7. The van der Waals surface area contributed by atoms with Crippen LogP contribution in [0.2, 0.25) is 0 Å². The molecule has 2 aromatic carbocycles. The van der Waals surface area contributed by atoms with E-state index in [-0.39, 0.29) is 24.9 Å². The van der Waals surface area contributed by atoms with Crippen LogP contribution in [-0.4, -0.2) is 47.2 Å². The molecule has 8 heteroatoms. The molecule has 0 saturated carbocycles. The largest absolute Gasteiger partial charge is 0.448 e. The molecule has 5 rings (SSSR count). The van der Waals surface area contributed by atoms with E-state index < -0.39 is 18.0 Å². The molecule has 1 amide bonds. The highest BCUT2D eigenvalue weighted by Crippen LogP contribution is 2.44. The van der Waals surface area contributed by atoms with Crippen molar-refractivity contribution in [2.75, 3.05) is 26.2 Å². The standard InChI is InChI=1S/C23H21FN4O2.ClH/c24-15-11-26-22(27-12-15)21-13-25-9-10-28(21)23(29)30-14-20-18-7-3-1-5-16(18)17-6-2-4-8-19(17)20;/h1-8,11-12,20-21,25H,9-10,13-14H2;1H. The van der Waals surface area contributed by atoms with Crippen molar-refractivity contribution < 1.29 is 13.9 Å². The van der Waals surface area contributed by atoms with Crippen molar-refractivity contribution in [3.05, 3.63) is 83.7 Å². The minimum atomic E-state index is -0.504. The number of amides is 1. The van der Waals surface area contributed by atoms with E-state index in [4.69, 9.17) is 4.74 Å². The van der Waals surface area contributed by atoms with Crippen LogP contribution in [-0.2, 0) is 4.74 Å². The maximum atomic E-state index is 13.2. The van der Waals surface area contributed by atoms with Gasteiger partial charge in [0.2, 0.25) is 0 Å². The average Bonchev–Trinajstić information content (AvgIpc) is 3.12. The zero-order chi connectivity index (χ0) is 20.5. The maximum absolute atomic E-state index is 13.2. The molecule has 1 unspecified atom stereocenters. The smallest absolute Gasteiger partial charge is 0.410 e. The van der Waals surface area contributed by atoms with Gasteiger partial charge in [-0.1, -0.05) is 48.5 Å². The molecular formula is C23H22ClFN4O2. The van der Waals surface area contributed by atoms with Crippen LogP contribution in [0.4, 0.5) is 9.18 Å². The fourth-order valence-corrected chi connectivity index (χ4v) is 4.32. The van der Waals surface area contributed by atoms with Gasteiger partial charge in [-0.2, -0.15) is 0 Å². The number of hydrogen-bond acceptors (Lipinski definition) is 5. The predicted octanol–water partition coefficient (Wildman–Crippen LogP) is 3.93. The fourth-order valence-electron chi connectivity index (χ4n) is 4.32. The molecule has 160 valence electrons. The molecule has 31 heavy (non-hydrogen) atoms. The van der Waals surface area contributed by atoms with E-state index in [9.17, 15) is 9.18 Å². The van der Waals surface area contributed by atoms with Gasteiger partial charge in [-0.05, 0) is 22.3 Å². The third-order valence-corrected chi connectivity index (χ3v) is 5.75. The second kappa shape index (κ2) is 8.99. The van der Waals surface area contributed by atoms with E-state index in [1.54, 1.807) is 4.90 Å². The lowest BCUT2D eigenvalue weighted by molar-refractivity contribution is 0.0732. The number of benzene rings is 2. The molecule has 3 aromatic rings. The second-order valence-electron chi connectivity index (χ2n) is 7.48. The summed E-state index contributed by atoms with van der Waals surface area (Å²) in [7, 11) is 0. The van der Waals surface area contributed by atoms with Gasteiger partial charge in [0.15, 0.2) is 11.6 Å². The number of ether oxygens (including phenoxy) is 1. The molecule has 0 radical (unpaired) electrons. The molecule has 2 aliphatic rings. The Balaban J connectivity index is 0.00000231. The van der Waals surface area contributed by atoms with Gasteiger partial charge >= 0.3 is 6.09 Å². The third kappa shape index (κ3) is 3.98. The minimum Gasteiger partial charge on any atom is -0.448 e. The van der Waals surface area contributed by atoms with Crippen LogP contribution in [0.15, 0.2) is 60.9 Å². The summed E-state index contributed by atoms with van der Waals surface area (Å²) in [4.78, 5) is 22.7. The Morgan fingerprint density at radius 1 is 1.06 bits per heavy atom. The van der Waals surface area contributed by atoms with E-state index >= 15 is 0 Å². The lowest BCUT2D eigenvalue weighted by Gasteiger charge is -2.34. The van der Waals surface area contributed by atoms with E-state index in [1.165, 1.54) is 22.3 Å². The first kappa shape index (κ1) is 21.2. The van der Waals surface area contributed by atoms with Gasteiger partial charge in [0, 0.05) is 25.6 Å². The number of fused-ring (bicyclic) bond motifs is 3. The Hall–Kier alpha value is -3.03.